The largest absolute Gasteiger partial charge is 0.481 e. The van der Waals surface area contributed by atoms with Gasteiger partial charge in [0.05, 0.1) is 5.92 Å². The number of alkyl carbamates (subject to hydrolysis) is 1. The maximum Gasteiger partial charge on any atom is 0.407 e. The molecular weight excluding hydrogens is 420 g/mol. The summed E-state index contributed by atoms with van der Waals surface area (Å²) in [7, 11) is 0. The smallest absolute Gasteiger partial charge is 0.407 e. The van der Waals surface area contributed by atoms with Crippen LogP contribution < -0.4 is 10.6 Å². The minimum atomic E-state index is -0.798. The molecule has 0 bridgehead atoms. The lowest BCUT2D eigenvalue weighted by Gasteiger charge is -2.18. The van der Waals surface area contributed by atoms with Gasteiger partial charge in [-0.05, 0) is 47.4 Å². The number of amides is 2. The molecule has 33 heavy (non-hydrogen) atoms. The normalized spacial score (nSPS) is 19.9. The third-order valence-electron chi connectivity index (χ3n) is 6.69. The number of aliphatic carboxylic acids is 1. The molecule has 2 amide bonds. The second-order valence-corrected chi connectivity index (χ2v) is 9.09. The molecular formula is C26H30N2O5. The van der Waals surface area contributed by atoms with Crippen molar-refractivity contribution in [2.24, 2.45) is 11.8 Å². The number of fused-ring (bicyclic) bond motifs is 3. The van der Waals surface area contributed by atoms with Crippen LogP contribution in [0.25, 0.3) is 11.1 Å². The molecule has 1 saturated carbocycles. The van der Waals surface area contributed by atoms with E-state index in [4.69, 9.17) is 9.84 Å². The molecule has 0 radical (unpaired) electrons. The van der Waals surface area contributed by atoms with E-state index in [-0.39, 0.29) is 43.4 Å². The van der Waals surface area contributed by atoms with Crippen molar-refractivity contribution in [2.45, 2.75) is 44.6 Å². The van der Waals surface area contributed by atoms with Gasteiger partial charge in [0.25, 0.3) is 0 Å². The first-order chi connectivity index (χ1) is 15.9. The first-order valence-electron chi connectivity index (χ1n) is 11.5. The van der Waals surface area contributed by atoms with Crippen molar-refractivity contribution in [1.82, 2.24) is 10.6 Å². The van der Waals surface area contributed by atoms with Gasteiger partial charge in [0.1, 0.15) is 6.61 Å². The molecule has 0 heterocycles. The minimum Gasteiger partial charge on any atom is -0.481 e. The van der Waals surface area contributed by atoms with Crippen LogP contribution in [-0.4, -0.2) is 42.3 Å². The zero-order valence-corrected chi connectivity index (χ0v) is 18.8. The Bertz CT molecular complexity index is 991. The van der Waals surface area contributed by atoms with E-state index in [1.165, 1.54) is 11.1 Å². The van der Waals surface area contributed by atoms with E-state index in [9.17, 15) is 14.4 Å². The Balaban J connectivity index is 1.23. The van der Waals surface area contributed by atoms with Crippen LogP contribution in [0, 0.1) is 11.8 Å². The Morgan fingerprint density at radius 3 is 2.30 bits per heavy atom. The van der Waals surface area contributed by atoms with E-state index < -0.39 is 18.0 Å². The van der Waals surface area contributed by atoms with Crippen LogP contribution in [0.4, 0.5) is 4.79 Å². The van der Waals surface area contributed by atoms with Crippen molar-refractivity contribution >= 4 is 18.0 Å². The minimum absolute atomic E-state index is 0.00115. The van der Waals surface area contributed by atoms with Gasteiger partial charge in [-0.25, -0.2) is 4.79 Å². The summed E-state index contributed by atoms with van der Waals surface area (Å²) >= 11 is 0. The second kappa shape index (κ2) is 10.1. The van der Waals surface area contributed by atoms with Crippen LogP contribution in [0.2, 0.25) is 0 Å². The number of rotatable bonds is 8. The van der Waals surface area contributed by atoms with E-state index >= 15 is 0 Å². The van der Waals surface area contributed by atoms with Gasteiger partial charge in [0.15, 0.2) is 0 Å². The van der Waals surface area contributed by atoms with Gasteiger partial charge in [-0.2, -0.15) is 0 Å². The number of hydrogen-bond acceptors (Lipinski definition) is 4. The molecule has 7 nitrogen and oxygen atoms in total. The van der Waals surface area contributed by atoms with Crippen molar-refractivity contribution in [3.05, 3.63) is 59.7 Å². The summed E-state index contributed by atoms with van der Waals surface area (Å²) < 4.78 is 5.52. The Hall–Kier alpha value is -3.35. The summed E-state index contributed by atoms with van der Waals surface area (Å²) in [6.45, 7) is 2.16. The Morgan fingerprint density at radius 1 is 1.03 bits per heavy atom. The summed E-state index contributed by atoms with van der Waals surface area (Å²) in [6, 6.07) is 16.3. The third kappa shape index (κ3) is 5.35. The number of hydrogen-bond donors (Lipinski definition) is 3. The first kappa shape index (κ1) is 22.8. The number of benzene rings is 2. The highest BCUT2D eigenvalue weighted by Crippen LogP contribution is 2.44. The summed E-state index contributed by atoms with van der Waals surface area (Å²) in [5.74, 6) is -1.25. The molecule has 3 unspecified atom stereocenters. The average molecular weight is 451 g/mol. The van der Waals surface area contributed by atoms with Crippen molar-refractivity contribution in [3.63, 3.8) is 0 Å². The summed E-state index contributed by atoms with van der Waals surface area (Å²) in [6.07, 6.45) is 1.88. The number of ether oxygens (including phenoxy) is 1. The maximum atomic E-state index is 12.5. The van der Waals surface area contributed by atoms with Crippen molar-refractivity contribution in [1.29, 1.82) is 0 Å². The average Bonchev–Trinajstić information content (AvgIpc) is 3.37. The van der Waals surface area contributed by atoms with Crippen LogP contribution in [0.5, 0.6) is 0 Å². The molecule has 7 heteroatoms. The van der Waals surface area contributed by atoms with Crippen LogP contribution in [0.15, 0.2) is 48.5 Å². The molecule has 4 rings (SSSR count). The van der Waals surface area contributed by atoms with Crippen molar-refractivity contribution in [2.75, 3.05) is 13.2 Å². The van der Waals surface area contributed by atoms with Crippen LogP contribution in [0.3, 0.4) is 0 Å². The van der Waals surface area contributed by atoms with Gasteiger partial charge >= 0.3 is 12.1 Å². The number of nitrogens with one attached hydrogen (secondary N) is 2. The molecule has 2 aliphatic carbocycles. The second-order valence-electron chi connectivity index (χ2n) is 9.09. The lowest BCUT2D eigenvalue weighted by atomic mass is 9.98. The molecule has 2 aliphatic rings. The van der Waals surface area contributed by atoms with Gasteiger partial charge < -0.3 is 20.5 Å². The Kier molecular flexibility index (Phi) is 6.96. The summed E-state index contributed by atoms with van der Waals surface area (Å²) in [5, 5.41) is 14.6. The molecule has 174 valence electrons. The fraction of sp³-hybridized carbons (Fsp3) is 0.423. The van der Waals surface area contributed by atoms with Gasteiger partial charge in [-0.1, -0.05) is 55.5 Å². The van der Waals surface area contributed by atoms with E-state index in [1.54, 1.807) is 6.92 Å². The zero-order chi connectivity index (χ0) is 23.4. The predicted octanol–water partition coefficient (Wildman–Crippen LogP) is 3.92. The van der Waals surface area contributed by atoms with E-state index in [0.717, 1.165) is 24.0 Å². The monoisotopic (exact) mass is 450 g/mol. The van der Waals surface area contributed by atoms with Crippen LogP contribution in [0.1, 0.15) is 49.7 Å². The topological polar surface area (TPSA) is 105 Å². The maximum absolute atomic E-state index is 12.5. The zero-order valence-electron chi connectivity index (χ0n) is 18.8. The summed E-state index contributed by atoms with van der Waals surface area (Å²) in [5.41, 5.74) is 4.64. The highest BCUT2D eigenvalue weighted by atomic mass is 16.5. The Morgan fingerprint density at radius 2 is 1.67 bits per heavy atom. The lowest BCUT2D eigenvalue weighted by molar-refractivity contribution is -0.138. The molecule has 2 aromatic carbocycles. The fourth-order valence-corrected chi connectivity index (χ4v) is 4.96. The van der Waals surface area contributed by atoms with Crippen molar-refractivity contribution in [3.8, 4) is 11.1 Å². The van der Waals surface area contributed by atoms with Crippen LogP contribution in [-0.2, 0) is 14.3 Å². The SMILES string of the molecule is CC(CNC(=O)OCC1c2ccccc2-c2ccccc21)C(=O)NC1CCC(CC(=O)O)C1. The molecule has 3 atom stereocenters. The molecule has 0 saturated heterocycles. The molecule has 1 fully saturated rings. The predicted molar refractivity (Wildman–Crippen MR) is 124 cm³/mol. The molecule has 0 aliphatic heterocycles. The highest BCUT2D eigenvalue weighted by Gasteiger charge is 2.30. The van der Waals surface area contributed by atoms with Gasteiger partial charge in [-0.3, -0.25) is 9.59 Å². The fourth-order valence-electron chi connectivity index (χ4n) is 4.96. The van der Waals surface area contributed by atoms with E-state index in [0.29, 0.717) is 6.42 Å². The molecule has 2 aromatic rings. The Labute approximate surface area is 193 Å². The highest BCUT2D eigenvalue weighted by molar-refractivity contribution is 5.80. The third-order valence-corrected chi connectivity index (χ3v) is 6.69. The number of carboxylic acid groups (broad SMARTS) is 1. The summed E-state index contributed by atoms with van der Waals surface area (Å²) in [4.78, 5) is 35.6. The van der Waals surface area contributed by atoms with Gasteiger partial charge in [-0.15, -0.1) is 0 Å². The standard InChI is InChI=1S/C26H30N2O5/c1-16(25(31)28-18-11-10-17(12-18)13-24(29)30)14-27-26(32)33-15-23-21-8-4-2-6-19(21)20-7-3-5-9-22(20)23/h2-9,16-18,23H,10-15H2,1H3,(H,27,32)(H,28,31)(H,29,30). The van der Waals surface area contributed by atoms with Gasteiger partial charge in [0, 0.05) is 24.9 Å². The molecule has 3 N–H and O–H groups in total. The quantitative estimate of drug-likeness (QED) is 0.565. The number of carbonyl (C=O) groups excluding carboxylic acids is 2. The molecule has 0 aromatic heterocycles. The molecule has 0 spiro atoms. The van der Waals surface area contributed by atoms with Crippen molar-refractivity contribution < 1.29 is 24.2 Å². The lowest BCUT2D eigenvalue weighted by Crippen LogP contribution is -2.41. The van der Waals surface area contributed by atoms with E-state index in [2.05, 4.69) is 34.9 Å². The van der Waals surface area contributed by atoms with Gasteiger partial charge in [0.2, 0.25) is 5.91 Å². The first-order valence-corrected chi connectivity index (χ1v) is 11.5. The number of carboxylic acids is 1. The van der Waals surface area contributed by atoms with Crippen LogP contribution >= 0.6 is 0 Å². The number of carbonyl (C=O) groups is 3. The van der Waals surface area contributed by atoms with E-state index in [1.807, 2.05) is 24.3 Å².